The summed E-state index contributed by atoms with van der Waals surface area (Å²) in [7, 11) is 0. The SMILES string of the molecule is O=C(Cn1ncc2ccccc21)N1CCC[C@@H]1c1nc(-c2ccncc2)no1. The van der Waals surface area contributed by atoms with E-state index in [4.69, 9.17) is 4.52 Å². The zero-order chi connectivity index (χ0) is 18.9. The van der Waals surface area contributed by atoms with Crippen molar-refractivity contribution in [2.24, 2.45) is 0 Å². The lowest BCUT2D eigenvalue weighted by molar-refractivity contribution is -0.133. The lowest BCUT2D eigenvalue weighted by Crippen LogP contribution is -2.33. The number of likely N-dealkylation sites (tertiary alicyclic amines) is 1. The molecule has 1 atom stereocenters. The minimum Gasteiger partial charge on any atom is -0.337 e. The molecule has 0 unspecified atom stereocenters. The minimum atomic E-state index is -0.197. The van der Waals surface area contributed by atoms with Crippen LogP contribution in [0, 0.1) is 0 Å². The molecule has 1 amide bonds. The van der Waals surface area contributed by atoms with E-state index < -0.39 is 0 Å². The van der Waals surface area contributed by atoms with Crippen molar-refractivity contribution in [1.29, 1.82) is 0 Å². The Labute approximate surface area is 160 Å². The molecule has 1 aromatic carbocycles. The average Bonchev–Trinajstić information content (AvgIpc) is 3.48. The van der Waals surface area contributed by atoms with Gasteiger partial charge in [-0.05, 0) is 31.0 Å². The second-order valence-electron chi connectivity index (χ2n) is 6.80. The molecule has 8 heteroatoms. The van der Waals surface area contributed by atoms with Gasteiger partial charge in [0.25, 0.3) is 0 Å². The fourth-order valence-electron chi connectivity index (χ4n) is 3.68. The second-order valence-corrected chi connectivity index (χ2v) is 6.80. The molecule has 1 aliphatic heterocycles. The predicted octanol–water partition coefficient (Wildman–Crippen LogP) is 2.85. The second kappa shape index (κ2) is 6.88. The molecule has 140 valence electrons. The van der Waals surface area contributed by atoms with Crippen molar-refractivity contribution in [3.63, 3.8) is 0 Å². The summed E-state index contributed by atoms with van der Waals surface area (Å²) >= 11 is 0. The number of pyridine rings is 1. The number of nitrogens with zero attached hydrogens (tertiary/aromatic N) is 6. The summed E-state index contributed by atoms with van der Waals surface area (Å²) < 4.78 is 7.23. The minimum absolute atomic E-state index is 0.0000131. The molecule has 1 fully saturated rings. The van der Waals surface area contributed by atoms with Gasteiger partial charge in [0.15, 0.2) is 0 Å². The maximum absolute atomic E-state index is 13.0. The number of fused-ring (bicyclic) bond motifs is 1. The highest BCUT2D eigenvalue weighted by molar-refractivity contribution is 5.82. The molecule has 1 aliphatic rings. The maximum atomic E-state index is 13.0. The molecule has 0 N–H and O–H groups in total. The molecule has 4 heterocycles. The average molecular weight is 374 g/mol. The molecule has 5 rings (SSSR count). The Hall–Kier alpha value is -3.55. The van der Waals surface area contributed by atoms with Crippen LogP contribution in [0.5, 0.6) is 0 Å². The highest BCUT2D eigenvalue weighted by atomic mass is 16.5. The first-order valence-electron chi connectivity index (χ1n) is 9.23. The molecular formula is C20H18N6O2. The molecule has 1 saturated heterocycles. The Morgan fingerprint density at radius 2 is 2.04 bits per heavy atom. The van der Waals surface area contributed by atoms with Crippen LogP contribution < -0.4 is 0 Å². The van der Waals surface area contributed by atoms with Crippen molar-refractivity contribution in [2.75, 3.05) is 6.54 Å². The van der Waals surface area contributed by atoms with Crippen molar-refractivity contribution in [1.82, 2.24) is 29.8 Å². The summed E-state index contributed by atoms with van der Waals surface area (Å²) in [6, 6.07) is 11.3. The maximum Gasteiger partial charge on any atom is 0.249 e. The van der Waals surface area contributed by atoms with Gasteiger partial charge in [0.2, 0.25) is 17.6 Å². The molecular weight excluding hydrogens is 356 g/mol. The van der Waals surface area contributed by atoms with E-state index in [-0.39, 0.29) is 18.5 Å². The monoisotopic (exact) mass is 374 g/mol. The normalized spacial score (nSPS) is 16.7. The zero-order valence-corrected chi connectivity index (χ0v) is 15.1. The van der Waals surface area contributed by atoms with Gasteiger partial charge in [0.05, 0.1) is 11.7 Å². The number of benzene rings is 1. The van der Waals surface area contributed by atoms with E-state index in [0.29, 0.717) is 18.3 Å². The molecule has 0 saturated carbocycles. The number of amides is 1. The van der Waals surface area contributed by atoms with Crippen LogP contribution in [0.2, 0.25) is 0 Å². The molecule has 0 spiro atoms. The van der Waals surface area contributed by atoms with Crippen LogP contribution in [-0.4, -0.2) is 42.3 Å². The molecule has 0 bridgehead atoms. The molecule has 8 nitrogen and oxygen atoms in total. The number of rotatable bonds is 4. The van der Waals surface area contributed by atoms with E-state index in [1.54, 1.807) is 23.3 Å². The Bertz CT molecular complexity index is 1120. The summed E-state index contributed by atoms with van der Waals surface area (Å²) in [5.41, 5.74) is 1.79. The Morgan fingerprint density at radius 1 is 1.18 bits per heavy atom. The number of carbonyl (C=O) groups excluding carboxylic acids is 1. The Morgan fingerprint density at radius 3 is 2.93 bits per heavy atom. The van der Waals surface area contributed by atoms with Crippen LogP contribution in [0.4, 0.5) is 0 Å². The number of carbonyl (C=O) groups is 1. The predicted molar refractivity (Wildman–Crippen MR) is 101 cm³/mol. The van der Waals surface area contributed by atoms with Crippen molar-refractivity contribution in [3.8, 4) is 11.4 Å². The highest BCUT2D eigenvalue weighted by Gasteiger charge is 2.34. The fraction of sp³-hybridized carbons (Fsp3) is 0.250. The summed E-state index contributed by atoms with van der Waals surface area (Å²) in [5, 5.41) is 9.45. The van der Waals surface area contributed by atoms with Crippen molar-refractivity contribution < 1.29 is 9.32 Å². The van der Waals surface area contributed by atoms with Crippen LogP contribution >= 0.6 is 0 Å². The quantitative estimate of drug-likeness (QED) is 0.546. The fourth-order valence-corrected chi connectivity index (χ4v) is 3.68. The van der Waals surface area contributed by atoms with Gasteiger partial charge in [-0.25, -0.2) is 0 Å². The van der Waals surface area contributed by atoms with E-state index in [2.05, 4.69) is 20.2 Å². The van der Waals surface area contributed by atoms with E-state index in [1.807, 2.05) is 41.3 Å². The summed E-state index contributed by atoms with van der Waals surface area (Å²) in [5.74, 6) is 0.984. The molecule has 3 aromatic heterocycles. The van der Waals surface area contributed by atoms with Gasteiger partial charge in [-0.3, -0.25) is 14.5 Å². The van der Waals surface area contributed by atoms with Crippen LogP contribution in [0.1, 0.15) is 24.8 Å². The summed E-state index contributed by atoms with van der Waals surface area (Å²) in [4.78, 5) is 23.3. The summed E-state index contributed by atoms with van der Waals surface area (Å²) in [6.07, 6.45) is 6.87. The lowest BCUT2D eigenvalue weighted by atomic mass is 10.2. The molecule has 28 heavy (non-hydrogen) atoms. The number of hydrogen-bond acceptors (Lipinski definition) is 6. The van der Waals surface area contributed by atoms with E-state index in [1.165, 1.54) is 0 Å². The standard InChI is InChI=1S/C20H18N6O2/c27-18(13-26-16-5-2-1-4-15(16)12-22-26)25-11-3-6-17(25)20-23-19(24-28-20)14-7-9-21-10-8-14/h1-2,4-5,7-10,12,17H,3,6,11,13H2/t17-/m1/s1. The van der Waals surface area contributed by atoms with Gasteiger partial charge in [-0.1, -0.05) is 23.4 Å². The van der Waals surface area contributed by atoms with Gasteiger partial charge in [0, 0.05) is 29.9 Å². The third-order valence-electron chi connectivity index (χ3n) is 5.07. The van der Waals surface area contributed by atoms with Gasteiger partial charge < -0.3 is 9.42 Å². The molecule has 4 aromatic rings. The van der Waals surface area contributed by atoms with Crippen molar-refractivity contribution >= 4 is 16.8 Å². The van der Waals surface area contributed by atoms with Gasteiger partial charge in [-0.2, -0.15) is 10.1 Å². The van der Waals surface area contributed by atoms with Crippen LogP contribution in [-0.2, 0) is 11.3 Å². The third-order valence-corrected chi connectivity index (χ3v) is 5.07. The lowest BCUT2D eigenvalue weighted by Gasteiger charge is -2.22. The molecule has 0 radical (unpaired) electrons. The summed E-state index contributed by atoms with van der Waals surface area (Å²) in [6.45, 7) is 0.866. The number of aromatic nitrogens is 5. The Kier molecular flexibility index (Phi) is 4.08. The van der Waals surface area contributed by atoms with E-state index in [0.717, 1.165) is 29.3 Å². The Balaban J connectivity index is 1.37. The topological polar surface area (TPSA) is 89.9 Å². The van der Waals surface area contributed by atoms with Gasteiger partial charge in [0.1, 0.15) is 12.6 Å². The zero-order valence-electron chi connectivity index (χ0n) is 15.1. The van der Waals surface area contributed by atoms with Crippen molar-refractivity contribution in [3.05, 3.63) is 60.9 Å². The first kappa shape index (κ1) is 16.6. The van der Waals surface area contributed by atoms with E-state index in [9.17, 15) is 4.79 Å². The third kappa shape index (κ3) is 2.92. The van der Waals surface area contributed by atoms with Gasteiger partial charge in [-0.15, -0.1) is 0 Å². The number of para-hydroxylation sites is 1. The first-order chi connectivity index (χ1) is 13.8. The van der Waals surface area contributed by atoms with Crippen LogP contribution in [0.25, 0.3) is 22.3 Å². The smallest absolute Gasteiger partial charge is 0.249 e. The van der Waals surface area contributed by atoms with Crippen molar-refractivity contribution in [2.45, 2.75) is 25.4 Å². The first-order valence-corrected chi connectivity index (χ1v) is 9.23. The largest absolute Gasteiger partial charge is 0.337 e. The van der Waals surface area contributed by atoms with E-state index >= 15 is 0 Å². The highest BCUT2D eigenvalue weighted by Crippen LogP contribution is 2.32. The van der Waals surface area contributed by atoms with Crippen LogP contribution in [0.3, 0.4) is 0 Å². The molecule has 0 aliphatic carbocycles. The van der Waals surface area contributed by atoms with Crippen LogP contribution in [0.15, 0.2) is 59.5 Å². The number of hydrogen-bond donors (Lipinski definition) is 0. The van der Waals surface area contributed by atoms with Gasteiger partial charge >= 0.3 is 0 Å².